The molecule has 0 aliphatic rings. The third-order valence-corrected chi connectivity index (χ3v) is 3.81. The van der Waals surface area contributed by atoms with Gasteiger partial charge in [0.15, 0.2) is 0 Å². The maximum atomic E-state index is 5.55. The Bertz CT molecular complexity index is 164. The summed E-state index contributed by atoms with van der Waals surface area (Å²) in [6.45, 7) is 10.6. The van der Waals surface area contributed by atoms with Gasteiger partial charge in [0, 0.05) is 25.5 Å². The van der Waals surface area contributed by atoms with Gasteiger partial charge in [-0.15, -0.1) is 0 Å². The van der Waals surface area contributed by atoms with Crippen molar-refractivity contribution in [1.29, 1.82) is 0 Å². The Morgan fingerprint density at radius 1 is 1.07 bits per heavy atom. The molecule has 0 aromatic rings. The molecule has 0 fully saturated rings. The van der Waals surface area contributed by atoms with Gasteiger partial charge in [0.2, 0.25) is 0 Å². The molecule has 15 heavy (non-hydrogen) atoms. The van der Waals surface area contributed by atoms with Crippen molar-refractivity contribution in [3.63, 3.8) is 0 Å². The van der Waals surface area contributed by atoms with E-state index in [4.69, 9.17) is 8.85 Å². The molecule has 0 bridgehead atoms. The molecule has 0 N–H and O–H groups in total. The van der Waals surface area contributed by atoms with Crippen molar-refractivity contribution in [3.8, 4) is 0 Å². The fourth-order valence-corrected chi connectivity index (χ4v) is 2.75. The van der Waals surface area contributed by atoms with E-state index in [0.29, 0.717) is 0 Å². The summed E-state index contributed by atoms with van der Waals surface area (Å²) in [7, 11) is -0.995. The van der Waals surface area contributed by atoms with Crippen molar-refractivity contribution in [3.05, 3.63) is 0 Å². The van der Waals surface area contributed by atoms with Crippen LogP contribution in [0, 0.1) is 0 Å². The number of nitrogens with zero attached hydrogens (tertiary/aromatic N) is 1. The van der Waals surface area contributed by atoms with E-state index in [1.165, 1.54) is 0 Å². The van der Waals surface area contributed by atoms with Crippen molar-refractivity contribution in [2.24, 2.45) is 4.99 Å². The average molecular weight is 230 g/mol. The molecule has 0 amide bonds. The fourth-order valence-electron chi connectivity index (χ4n) is 1.19. The van der Waals surface area contributed by atoms with Gasteiger partial charge in [-0.1, -0.05) is 0 Å². The van der Waals surface area contributed by atoms with E-state index in [1.807, 2.05) is 27.7 Å². The monoisotopic (exact) mass is 230 g/mol. The molecule has 0 aliphatic carbocycles. The second-order valence-corrected chi connectivity index (χ2v) is 5.35. The minimum Gasteiger partial charge on any atom is -0.394 e. The van der Waals surface area contributed by atoms with E-state index in [1.54, 1.807) is 0 Å². The Hall–Kier alpha value is -0.193. The van der Waals surface area contributed by atoms with Crippen LogP contribution in [0.1, 0.15) is 40.5 Å². The average Bonchev–Trinajstić information content (AvgIpc) is 2.17. The quantitative estimate of drug-likeness (QED) is 0.346. The molecule has 0 saturated heterocycles. The first-order valence-electron chi connectivity index (χ1n) is 5.79. The van der Waals surface area contributed by atoms with Gasteiger partial charge in [0.1, 0.15) is 0 Å². The van der Waals surface area contributed by atoms with Gasteiger partial charge in [-0.25, -0.2) is 0 Å². The number of hydrogen-bond acceptors (Lipinski definition) is 3. The smallest absolute Gasteiger partial charge is 0.384 e. The van der Waals surface area contributed by atoms with Crippen LogP contribution >= 0.6 is 0 Å². The van der Waals surface area contributed by atoms with Crippen LogP contribution in [-0.2, 0) is 8.85 Å². The third-order valence-electron chi connectivity index (χ3n) is 1.83. The Balaban J connectivity index is 3.48. The molecule has 1 radical (unpaired) electrons. The first-order valence-corrected chi connectivity index (χ1v) is 7.32. The van der Waals surface area contributed by atoms with Gasteiger partial charge in [0.05, 0.1) is 0 Å². The molecule has 0 atom stereocenters. The summed E-state index contributed by atoms with van der Waals surface area (Å²) in [4.78, 5) is 4.36. The summed E-state index contributed by atoms with van der Waals surface area (Å²) >= 11 is 0. The van der Waals surface area contributed by atoms with Crippen LogP contribution in [0.15, 0.2) is 4.99 Å². The lowest BCUT2D eigenvalue weighted by atomic mass is 10.3. The Morgan fingerprint density at radius 3 is 2.13 bits per heavy atom. The molecule has 0 aliphatic heterocycles. The van der Waals surface area contributed by atoms with Crippen LogP contribution in [0.4, 0.5) is 0 Å². The van der Waals surface area contributed by atoms with Crippen LogP contribution in [-0.4, -0.2) is 34.8 Å². The third kappa shape index (κ3) is 10.1. The van der Waals surface area contributed by atoms with Gasteiger partial charge < -0.3 is 8.85 Å². The zero-order valence-corrected chi connectivity index (χ0v) is 11.5. The van der Waals surface area contributed by atoms with Crippen molar-refractivity contribution in [2.45, 2.75) is 46.6 Å². The lowest BCUT2D eigenvalue weighted by Gasteiger charge is -2.12. The minimum absolute atomic E-state index is 0.764. The molecular formula is C11H24NO2Si. The zero-order chi connectivity index (χ0) is 11.5. The molecule has 0 saturated carbocycles. The van der Waals surface area contributed by atoms with E-state index in [-0.39, 0.29) is 0 Å². The highest BCUT2D eigenvalue weighted by molar-refractivity contribution is 6.44. The topological polar surface area (TPSA) is 30.8 Å². The fraction of sp³-hybridized carbons (Fsp3) is 0.909. The van der Waals surface area contributed by atoms with E-state index < -0.39 is 9.28 Å². The van der Waals surface area contributed by atoms with Crippen molar-refractivity contribution in [2.75, 3.05) is 19.8 Å². The van der Waals surface area contributed by atoms with Gasteiger partial charge >= 0.3 is 9.28 Å². The van der Waals surface area contributed by atoms with Crippen molar-refractivity contribution in [1.82, 2.24) is 0 Å². The summed E-state index contributed by atoms with van der Waals surface area (Å²) in [6, 6.07) is 1.07. The molecule has 0 aromatic carbocycles. The highest BCUT2D eigenvalue weighted by Gasteiger charge is 2.13. The van der Waals surface area contributed by atoms with Gasteiger partial charge in [0.25, 0.3) is 0 Å². The minimum atomic E-state index is -0.995. The van der Waals surface area contributed by atoms with E-state index >= 15 is 0 Å². The van der Waals surface area contributed by atoms with Crippen LogP contribution in [0.25, 0.3) is 0 Å². The Morgan fingerprint density at radius 2 is 1.67 bits per heavy atom. The lowest BCUT2D eigenvalue weighted by molar-refractivity contribution is 0.212. The summed E-state index contributed by atoms with van der Waals surface area (Å²) in [5, 5.41) is 0. The second-order valence-electron chi connectivity index (χ2n) is 3.52. The first-order chi connectivity index (χ1) is 7.20. The number of aliphatic imine (C=N–C) groups is 1. The summed E-state index contributed by atoms with van der Waals surface area (Å²) < 4.78 is 11.1. The lowest BCUT2D eigenvalue weighted by Crippen LogP contribution is -2.22. The van der Waals surface area contributed by atoms with Gasteiger partial charge in [-0.05, 0) is 46.6 Å². The maximum absolute atomic E-state index is 5.55. The first kappa shape index (κ1) is 14.8. The maximum Gasteiger partial charge on any atom is 0.384 e. The molecule has 0 spiro atoms. The molecule has 0 heterocycles. The van der Waals surface area contributed by atoms with Crippen molar-refractivity contribution < 1.29 is 8.85 Å². The van der Waals surface area contributed by atoms with Crippen molar-refractivity contribution >= 4 is 15.0 Å². The predicted octanol–water partition coefficient (Wildman–Crippen LogP) is 2.81. The van der Waals surface area contributed by atoms with E-state index in [2.05, 4.69) is 4.99 Å². The van der Waals surface area contributed by atoms with Crippen LogP contribution in [0.3, 0.4) is 0 Å². The number of rotatable bonds is 9. The molecule has 0 rings (SSSR count). The molecule has 4 heteroatoms. The van der Waals surface area contributed by atoms with Gasteiger partial charge in [-0.2, -0.15) is 0 Å². The van der Waals surface area contributed by atoms with Crippen LogP contribution < -0.4 is 0 Å². The molecule has 0 aromatic heterocycles. The molecule has 0 unspecified atom stereocenters. The number of hydrogen-bond donors (Lipinski definition) is 0. The SMILES string of the molecule is CCO[Si](CCCCN=C(C)C)OCC. The summed E-state index contributed by atoms with van der Waals surface area (Å²) in [5.41, 5.74) is 1.16. The Kier molecular flexibility index (Phi) is 10.2. The zero-order valence-electron chi connectivity index (χ0n) is 10.5. The second kappa shape index (κ2) is 10.3. The molecule has 89 valence electrons. The van der Waals surface area contributed by atoms with Gasteiger partial charge in [-0.3, -0.25) is 4.99 Å². The van der Waals surface area contributed by atoms with Crippen LogP contribution in [0.2, 0.25) is 6.04 Å². The van der Waals surface area contributed by atoms with E-state index in [9.17, 15) is 0 Å². The molecular weight excluding hydrogens is 206 g/mol. The largest absolute Gasteiger partial charge is 0.394 e. The summed E-state index contributed by atoms with van der Waals surface area (Å²) in [6.07, 6.45) is 2.30. The van der Waals surface area contributed by atoms with E-state index in [0.717, 1.165) is 44.4 Å². The van der Waals surface area contributed by atoms with Crippen LogP contribution in [0.5, 0.6) is 0 Å². The molecule has 3 nitrogen and oxygen atoms in total. The highest BCUT2D eigenvalue weighted by atomic mass is 28.3. The Labute approximate surface area is 95.7 Å². The summed E-state index contributed by atoms with van der Waals surface area (Å²) in [5.74, 6) is 0. The highest BCUT2D eigenvalue weighted by Crippen LogP contribution is 2.04. The number of unbranched alkanes of at least 4 members (excludes halogenated alkanes) is 1. The normalized spacial score (nSPS) is 10.7. The standard InChI is InChI=1S/C11H24NO2Si/c1-5-13-15(14-6-2)10-8-7-9-12-11(3)4/h5-10H2,1-4H3. The predicted molar refractivity (Wildman–Crippen MR) is 66.7 cm³/mol.